The number of carbonyl (C=O) groups is 1. The molecule has 2 N–H and O–H groups in total. The van der Waals surface area contributed by atoms with E-state index in [1.807, 2.05) is 6.07 Å². The van der Waals surface area contributed by atoms with Crippen LogP contribution in [0.15, 0.2) is 30.3 Å². The first-order valence-corrected chi connectivity index (χ1v) is 12.2. The highest BCUT2D eigenvalue weighted by Crippen LogP contribution is 2.65. The molecule has 2 unspecified atom stereocenters. The number of rotatable bonds is 6. The average molecular weight is 424 g/mol. The van der Waals surface area contributed by atoms with Crippen LogP contribution >= 0.6 is 0 Å². The van der Waals surface area contributed by atoms with E-state index in [0.29, 0.717) is 23.7 Å². The van der Waals surface area contributed by atoms with Crippen molar-refractivity contribution in [1.29, 1.82) is 0 Å². The number of carbonyl (C=O) groups excluding carboxylic acids is 1. The zero-order valence-electron chi connectivity index (χ0n) is 19.2. The van der Waals surface area contributed by atoms with E-state index >= 15 is 0 Å². The van der Waals surface area contributed by atoms with Crippen LogP contribution in [0.5, 0.6) is 0 Å². The molecule has 2 heterocycles. The number of piperidine rings is 1. The third-order valence-electron chi connectivity index (χ3n) is 8.82. The Morgan fingerprint density at radius 1 is 1.26 bits per heavy atom. The van der Waals surface area contributed by atoms with Gasteiger partial charge in [-0.1, -0.05) is 44.2 Å². The van der Waals surface area contributed by atoms with Gasteiger partial charge in [-0.05, 0) is 80.8 Å². The fraction of sp³-hybridized carbons (Fsp3) is 0.720. The van der Waals surface area contributed by atoms with Crippen LogP contribution in [0.3, 0.4) is 0 Å². The Hall–Kier alpha value is -1.37. The van der Waals surface area contributed by atoms with E-state index < -0.39 is 7.12 Å². The minimum Gasteiger partial charge on any atom is -0.404 e. The van der Waals surface area contributed by atoms with E-state index in [4.69, 9.17) is 9.31 Å². The van der Waals surface area contributed by atoms with E-state index in [9.17, 15) is 4.79 Å². The number of amides is 1. The van der Waals surface area contributed by atoms with Crippen LogP contribution in [0, 0.1) is 23.2 Å². The molecule has 5 fully saturated rings. The third kappa shape index (κ3) is 3.96. The number of benzene rings is 1. The second kappa shape index (κ2) is 8.20. The summed E-state index contributed by atoms with van der Waals surface area (Å²) < 4.78 is 13.3. The standard InChI is InChI=1S/C25H37BN2O3/c1-24(2)19-14-20(24)25(3)21(15-19)30-26(31-25)22(12-17-8-5-4-6-9-17)28-23(29)13-18-10-7-11-27-16-18/h4-6,8-9,18-22,27H,7,10-16H2,1-3H3,(H,28,29)/t18-,19?,20?,21+,22-,25-/m0/s1. The molecule has 2 saturated heterocycles. The van der Waals surface area contributed by atoms with Gasteiger partial charge in [0.1, 0.15) is 0 Å². The van der Waals surface area contributed by atoms with Crippen molar-refractivity contribution in [3.8, 4) is 0 Å². The van der Waals surface area contributed by atoms with Crippen LogP contribution in [-0.2, 0) is 20.5 Å². The van der Waals surface area contributed by atoms with Crippen molar-refractivity contribution in [3.05, 3.63) is 35.9 Å². The average Bonchev–Trinajstić information content (AvgIpc) is 3.12. The van der Waals surface area contributed by atoms with Crippen molar-refractivity contribution in [3.63, 3.8) is 0 Å². The molecule has 0 spiro atoms. The predicted octanol–water partition coefficient (Wildman–Crippen LogP) is 3.37. The molecule has 5 nitrogen and oxygen atoms in total. The van der Waals surface area contributed by atoms with E-state index in [-0.39, 0.29) is 23.6 Å². The predicted molar refractivity (Wildman–Crippen MR) is 122 cm³/mol. The quantitative estimate of drug-likeness (QED) is 0.688. The van der Waals surface area contributed by atoms with Crippen molar-refractivity contribution in [2.45, 2.75) is 76.9 Å². The summed E-state index contributed by atoms with van der Waals surface area (Å²) in [6.45, 7) is 9.01. The molecule has 6 rings (SSSR count). The van der Waals surface area contributed by atoms with E-state index in [0.717, 1.165) is 44.7 Å². The van der Waals surface area contributed by atoms with Gasteiger partial charge in [-0.3, -0.25) is 4.79 Å². The van der Waals surface area contributed by atoms with Crippen molar-refractivity contribution in [1.82, 2.24) is 10.6 Å². The first kappa shape index (κ1) is 21.5. The summed E-state index contributed by atoms with van der Waals surface area (Å²) in [6.07, 6.45) is 6.00. The number of hydrogen-bond donors (Lipinski definition) is 2. The summed E-state index contributed by atoms with van der Waals surface area (Å²) in [5.41, 5.74) is 1.26. The van der Waals surface area contributed by atoms with Gasteiger partial charge >= 0.3 is 7.12 Å². The molecule has 0 radical (unpaired) electrons. The Balaban J connectivity index is 1.30. The highest BCUT2D eigenvalue weighted by atomic mass is 16.7. The van der Waals surface area contributed by atoms with Crippen LogP contribution in [0.25, 0.3) is 0 Å². The Morgan fingerprint density at radius 2 is 2.06 bits per heavy atom. The zero-order chi connectivity index (χ0) is 21.6. The Kier molecular flexibility index (Phi) is 5.68. The molecule has 1 aromatic carbocycles. The fourth-order valence-electron chi connectivity index (χ4n) is 6.78. The zero-order valence-corrected chi connectivity index (χ0v) is 19.2. The molecule has 168 valence electrons. The molecule has 3 aliphatic carbocycles. The highest BCUT2D eigenvalue weighted by Gasteiger charge is 2.68. The van der Waals surface area contributed by atoms with Gasteiger partial charge in [0.25, 0.3) is 0 Å². The molecule has 6 atom stereocenters. The first-order chi connectivity index (χ1) is 14.9. The molecule has 6 heteroatoms. The van der Waals surface area contributed by atoms with Gasteiger partial charge in [-0.2, -0.15) is 0 Å². The molecular formula is C25H37BN2O3. The molecule has 5 aliphatic rings. The monoisotopic (exact) mass is 424 g/mol. The second-order valence-electron chi connectivity index (χ2n) is 11.1. The number of nitrogens with one attached hydrogen (secondary N) is 2. The van der Waals surface area contributed by atoms with Crippen LogP contribution in [0.2, 0.25) is 0 Å². The Morgan fingerprint density at radius 3 is 2.77 bits per heavy atom. The van der Waals surface area contributed by atoms with Crippen molar-refractivity contribution < 1.29 is 14.1 Å². The van der Waals surface area contributed by atoms with Gasteiger partial charge in [0.15, 0.2) is 0 Å². The Bertz CT molecular complexity index is 797. The summed E-state index contributed by atoms with van der Waals surface area (Å²) >= 11 is 0. The summed E-state index contributed by atoms with van der Waals surface area (Å²) in [5, 5.41) is 6.73. The maximum Gasteiger partial charge on any atom is 0.482 e. The molecular weight excluding hydrogens is 387 g/mol. The van der Waals surface area contributed by atoms with Crippen LogP contribution in [0.4, 0.5) is 0 Å². The molecule has 31 heavy (non-hydrogen) atoms. The van der Waals surface area contributed by atoms with E-state index in [1.165, 1.54) is 12.0 Å². The molecule has 2 bridgehead atoms. The largest absolute Gasteiger partial charge is 0.482 e. The van der Waals surface area contributed by atoms with Gasteiger partial charge in [0.2, 0.25) is 5.91 Å². The van der Waals surface area contributed by atoms with Crippen LogP contribution in [-0.4, -0.2) is 43.8 Å². The smallest absolute Gasteiger partial charge is 0.404 e. The third-order valence-corrected chi connectivity index (χ3v) is 8.82. The van der Waals surface area contributed by atoms with E-state index in [1.54, 1.807) is 0 Å². The SMILES string of the molecule is CC1(C)C2CC1[C@]1(C)OB([C@H](Cc3ccccc3)NC(=O)C[C@@H]3CCCNC3)O[C@@H]1C2. The number of hydrogen-bond acceptors (Lipinski definition) is 4. The molecule has 0 aromatic heterocycles. The summed E-state index contributed by atoms with van der Waals surface area (Å²) in [5.74, 6) is 1.61. The topological polar surface area (TPSA) is 59.6 Å². The van der Waals surface area contributed by atoms with Gasteiger partial charge < -0.3 is 19.9 Å². The fourth-order valence-corrected chi connectivity index (χ4v) is 6.78. The van der Waals surface area contributed by atoms with Crippen molar-refractivity contribution in [2.24, 2.45) is 23.2 Å². The maximum absolute atomic E-state index is 13.0. The first-order valence-electron chi connectivity index (χ1n) is 12.2. The minimum absolute atomic E-state index is 0.117. The van der Waals surface area contributed by atoms with E-state index in [2.05, 4.69) is 55.7 Å². The lowest BCUT2D eigenvalue weighted by Gasteiger charge is -2.64. The van der Waals surface area contributed by atoms with Gasteiger partial charge in [0, 0.05) is 6.42 Å². The second-order valence-corrected chi connectivity index (χ2v) is 11.1. The molecule has 2 aliphatic heterocycles. The molecule has 3 saturated carbocycles. The van der Waals surface area contributed by atoms with Crippen LogP contribution < -0.4 is 10.6 Å². The van der Waals surface area contributed by atoms with Crippen LogP contribution in [0.1, 0.15) is 58.4 Å². The summed E-state index contributed by atoms with van der Waals surface area (Å²) in [4.78, 5) is 13.0. The Labute approximate surface area is 187 Å². The minimum atomic E-state index is -0.390. The lowest BCUT2D eigenvalue weighted by Crippen LogP contribution is -2.65. The normalized spacial score (nSPS) is 36.9. The van der Waals surface area contributed by atoms with Gasteiger partial charge in [-0.15, -0.1) is 0 Å². The maximum atomic E-state index is 13.0. The van der Waals surface area contributed by atoms with Crippen molar-refractivity contribution in [2.75, 3.05) is 13.1 Å². The lowest BCUT2D eigenvalue weighted by molar-refractivity contribution is -0.199. The van der Waals surface area contributed by atoms with Gasteiger partial charge in [0.05, 0.1) is 17.6 Å². The molecule has 1 aromatic rings. The highest BCUT2D eigenvalue weighted by molar-refractivity contribution is 6.48. The lowest BCUT2D eigenvalue weighted by atomic mass is 9.43. The summed E-state index contributed by atoms with van der Waals surface area (Å²) in [7, 11) is -0.390. The summed E-state index contributed by atoms with van der Waals surface area (Å²) in [6, 6.07) is 10.4. The van der Waals surface area contributed by atoms with Crippen molar-refractivity contribution >= 4 is 13.0 Å². The molecule has 1 amide bonds. The van der Waals surface area contributed by atoms with Gasteiger partial charge in [-0.25, -0.2) is 0 Å².